The molecule has 2 heterocycles. The van der Waals surface area contributed by atoms with Gasteiger partial charge in [0.25, 0.3) is 5.69 Å². The summed E-state index contributed by atoms with van der Waals surface area (Å²) in [6.45, 7) is 0. The van der Waals surface area contributed by atoms with E-state index in [1.54, 1.807) is 0 Å². The van der Waals surface area contributed by atoms with Gasteiger partial charge in [-0.05, 0) is 36.4 Å². The normalized spacial score (nSPS) is 11.6. The average Bonchev–Trinajstić information content (AvgIpc) is 3.33. The summed E-state index contributed by atoms with van der Waals surface area (Å²) in [5.74, 6) is -0.504. The Morgan fingerprint density at radius 1 is 1.06 bits per heavy atom. The van der Waals surface area contributed by atoms with Crippen LogP contribution in [0.25, 0.3) is 28.3 Å². The van der Waals surface area contributed by atoms with Crippen LogP contribution in [0, 0.1) is 15.9 Å². The van der Waals surface area contributed by atoms with Gasteiger partial charge in [-0.2, -0.15) is 18.3 Å². The largest absolute Gasteiger partial charge is 0.435 e. The number of halogens is 5. The van der Waals surface area contributed by atoms with Crippen LogP contribution in [0.1, 0.15) is 5.69 Å². The molecule has 158 valence electrons. The maximum Gasteiger partial charge on any atom is 0.435 e. The van der Waals surface area contributed by atoms with Gasteiger partial charge in [0, 0.05) is 23.8 Å². The first-order valence-corrected chi connectivity index (χ1v) is 8.86. The van der Waals surface area contributed by atoms with E-state index in [-0.39, 0.29) is 22.8 Å². The maximum atomic E-state index is 13.6. The fraction of sp³-hybridized carbons (Fsp3) is 0.0526. The van der Waals surface area contributed by atoms with Crippen molar-refractivity contribution in [2.75, 3.05) is 0 Å². The predicted octanol–water partition coefficient (Wildman–Crippen LogP) is 5.91. The highest BCUT2D eigenvalue weighted by Gasteiger charge is 2.40. The Kier molecular flexibility index (Phi) is 4.97. The lowest BCUT2D eigenvalue weighted by molar-refractivity contribution is -0.384. The van der Waals surface area contributed by atoms with Crippen LogP contribution in [0.2, 0.25) is 5.15 Å². The number of hydrogen-bond acceptors (Lipinski definition) is 5. The zero-order valence-electron chi connectivity index (χ0n) is 15.1. The van der Waals surface area contributed by atoms with Crippen molar-refractivity contribution in [3.8, 4) is 28.3 Å². The summed E-state index contributed by atoms with van der Waals surface area (Å²) in [6, 6.07) is 11.0. The second-order valence-corrected chi connectivity index (χ2v) is 6.64. The third-order valence-electron chi connectivity index (χ3n) is 4.30. The summed E-state index contributed by atoms with van der Waals surface area (Å²) in [5.41, 5.74) is -1.74. The number of rotatable bonds is 4. The number of alkyl halides is 3. The Hall–Kier alpha value is -3.73. The molecule has 0 aliphatic carbocycles. The van der Waals surface area contributed by atoms with Crippen molar-refractivity contribution in [3.05, 3.63) is 81.4 Å². The van der Waals surface area contributed by atoms with Gasteiger partial charge in [-0.3, -0.25) is 10.1 Å². The first kappa shape index (κ1) is 20.5. The Bertz CT molecular complexity index is 1270. The summed E-state index contributed by atoms with van der Waals surface area (Å²) in [4.78, 5) is 10.2. The highest BCUT2D eigenvalue weighted by molar-refractivity contribution is 6.32. The molecule has 0 saturated carbocycles. The van der Waals surface area contributed by atoms with Crippen LogP contribution >= 0.6 is 11.6 Å². The lowest BCUT2D eigenvalue weighted by atomic mass is 10.1. The zero-order chi connectivity index (χ0) is 22.3. The summed E-state index contributed by atoms with van der Waals surface area (Å²) in [6.07, 6.45) is -4.86. The van der Waals surface area contributed by atoms with Crippen LogP contribution in [0.4, 0.5) is 23.2 Å². The topological polar surface area (TPSA) is 87.0 Å². The van der Waals surface area contributed by atoms with E-state index in [1.807, 2.05) is 0 Å². The predicted molar refractivity (Wildman–Crippen MR) is 101 cm³/mol. The number of hydrogen-bond donors (Lipinski definition) is 0. The fourth-order valence-electron chi connectivity index (χ4n) is 2.85. The lowest BCUT2D eigenvalue weighted by Crippen LogP contribution is -2.08. The highest BCUT2D eigenvalue weighted by Crippen LogP contribution is 2.42. The number of aromatic nitrogens is 3. The van der Waals surface area contributed by atoms with E-state index < -0.39 is 33.3 Å². The van der Waals surface area contributed by atoms with Gasteiger partial charge in [0.1, 0.15) is 16.7 Å². The van der Waals surface area contributed by atoms with Gasteiger partial charge >= 0.3 is 6.18 Å². The Morgan fingerprint density at radius 3 is 2.29 bits per heavy atom. The minimum atomic E-state index is -4.86. The van der Waals surface area contributed by atoms with Crippen molar-refractivity contribution < 1.29 is 27.0 Å². The van der Waals surface area contributed by atoms with Gasteiger partial charge in [0.2, 0.25) is 0 Å². The highest BCUT2D eigenvalue weighted by atomic mass is 35.5. The van der Waals surface area contributed by atoms with Crippen molar-refractivity contribution in [3.63, 3.8) is 0 Å². The zero-order valence-corrected chi connectivity index (χ0v) is 15.9. The molecular formula is C19H9ClF4N4O3. The van der Waals surface area contributed by atoms with Crippen molar-refractivity contribution in [2.24, 2.45) is 0 Å². The minimum absolute atomic E-state index is 0.0728. The van der Waals surface area contributed by atoms with Crippen LogP contribution in [0.3, 0.4) is 0 Å². The molecule has 2 aromatic heterocycles. The van der Waals surface area contributed by atoms with E-state index in [1.165, 1.54) is 42.5 Å². The molecule has 0 bridgehead atoms. The number of benzene rings is 2. The van der Waals surface area contributed by atoms with Gasteiger partial charge < -0.3 is 4.52 Å². The van der Waals surface area contributed by atoms with Crippen LogP contribution in [0.15, 0.2) is 59.1 Å². The van der Waals surface area contributed by atoms with Gasteiger partial charge in [-0.1, -0.05) is 16.8 Å². The molecule has 0 radical (unpaired) electrons. The van der Waals surface area contributed by atoms with E-state index in [4.69, 9.17) is 16.1 Å². The first-order chi connectivity index (χ1) is 14.6. The molecule has 0 amide bonds. The van der Waals surface area contributed by atoms with Crippen molar-refractivity contribution >= 4 is 17.3 Å². The third kappa shape index (κ3) is 3.87. The van der Waals surface area contributed by atoms with Gasteiger partial charge in [-0.15, -0.1) is 0 Å². The molecule has 0 spiro atoms. The van der Waals surface area contributed by atoms with Crippen molar-refractivity contribution in [2.45, 2.75) is 6.18 Å². The molecule has 0 atom stereocenters. The molecular weight excluding hydrogens is 444 g/mol. The van der Waals surface area contributed by atoms with Crippen molar-refractivity contribution in [1.82, 2.24) is 14.9 Å². The minimum Gasteiger partial charge on any atom is -0.356 e. The van der Waals surface area contributed by atoms with Gasteiger partial charge in [0.05, 0.1) is 16.2 Å². The first-order valence-electron chi connectivity index (χ1n) is 8.48. The summed E-state index contributed by atoms with van der Waals surface area (Å²) in [5, 5.41) is 17.6. The Morgan fingerprint density at radius 2 is 1.71 bits per heavy atom. The van der Waals surface area contributed by atoms with Crippen LogP contribution in [-0.4, -0.2) is 19.9 Å². The van der Waals surface area contributed by atoms with Gasteiger partial charge in [0.15, 0.2) is 11.5 Å². The van der Waals surface area contributed by atoms with Crippen LogP contribution in [-0.2, 0) is 6.18 Å². The quantitative estimate of drug-likeness (QED) is 0.218. The second-order valence-electron chi connectivity index (χ2n) is 6.28. The molecule has 7 nitrogen and oxygen atoms in total. The summed E-state index contributed by atoms with van der Waals surface area (Å²) >= 11 is 6.21. The Labute approximate surface area is 175 Å². The number of nitrogens with zero attached hydrogens (tertiary/aromatic N) is 4. The molecule has 2 aromatic carbocycles. The SMILES string of the molecule is O=[N+]([O-])c1ccc(-c2cc(-c3c(C(F)(F)F)nn(-c4ccc(F)cc4)c3Cl)no2)cc1. The van der Waals surface area contributed by atoms with E-state index >= 15 is 0 Å². The standard InChI is InChI=1S/C19H9ClF4N4O3/c20-18-16(14-9-15(31-26-14)10-1-5-13(6-2-10)28(29)30)17(19(22,23)24)25-27(18)12-7-3-11(21)4-8-12/h1-9H. The molecule has 31 heavy (non-hydrogen) atoms. The number of nitro groups is 1. The molecule has 0 N–H and O–H groups in total. The van der Waals surface area contributed by atoms with E-state index in [2.05, 4.69) is 10.3 Å². The third-order valence-corrected chi connectivity index (χ3v) is 4.65. The number of non-ortho nitro benzene ring substituents is 1. The monoisotopic (exact) mass is 452 g/mol. The maximum absolute atomic E-state index is 13.6. The molecule has 0 aliphatic heterocycles. The summed E-state index contributed by atoms with van der Waals surface area (Å²) < 4.78 is 60.0. The van der Waals surface area contributed by atoms with E-state index in [0.717, 1.165) is 16.8 Å². The van der Waals surface area contributed by atoms with Crippen LogP contribution < -0.4 is 0 Å². The molecule has 4 rings (SSSR count). The van der Waals surface area contributed by atoms with E-state index in [0.29, 0.717) is 5.56 Å². The molecule has 4 aromatic rings. The fourth-order valence-corrected chi connectivity index (χ4v) is 3.17. The number of nitro benzene ring substituents is 1. The smallest absolute Gasteiger partial charge is 0.356 e. The van der Waals surface area contributed by atoms with Gasteiger partial charge in [-0.25, -0.2) is 9.07 Å². The average molecular weight is 453 g/mol. The lowest BCUT2D eigenvalue weighted by Gasteiger charge is -2.03. The van der Waals surface area contributed by atoms with E-state index in [9.17, 15) is 27.7 Å². The molecule has 12 heteroatoms. The molecule has 0 saturated heterocycles. The van der Waals surface area contributed by atoms with Crippen molar-refractivity contribution in [1.29, 1.82) is 0 Å². The molecule has 0 fully saturated rings. The molecule has 0 unspecified atom stereocenters. The molecule has 0 aliphatic rings. The summed E-state index contributed by atoms with van der Waals surface area (Å²) in [7, 11) is 0. The Balaban J connectivity index is 1.80. The van der Waals surface area contributed by atoms with Crippen LogP contribution in [0.5, 0.6) is 0 Å². The second kappa shape index (κ2) is 7.51.